The van der Waals surface area contributed by atoms with Crippen LogP contribution >= 0.6 is 0 Å². The number of hydrogen-bond donors (Lipinski definition) is 2. The number of benzene rings is 1. The van der Waals surface area contributed by atoms with Crippen LogP contribution in [0.5, 0.6) is 0 Å². The zero-order valence-electron chi connectivity index (χ0n) is 11.1. The molecule has 2 rings (SSSR count). The van der Waals surface area contributed by atoms with Crippen LogP contribution in [0.1, 0.15) is 12.5 Å². The summed E-state index contributed by atoms with van der Waals surface area (Å²) in [5.41, 5.74) is 1.60. The maximum atomic E-state index is 12.2. The monoisotopic (exact) mass is 264 g/mol. The molecule has 1 saturated heterocycles. The molecule has 0 aromatic heterocycles. The second-order valence-corrected chi connectivity index (χ2v) is 4.62. The van der Waals surface area contributed by atoms with Crippen molar-refractivity contribution >= 4 is 11.6 Å². The molecule has 1 amide bonds. The summed E-state index contributed by atoms with van der Waals surface area (Å²) in [5.74, 6) is 0.0658. The van der Waals surface area contributed by atoms with Gasteiger partial charge in [0.15, 0.2) is 0 Å². The minimum atomic E-state index is -0.314. The Hall–Kier alpha value is -1.59. The van der Waals surface area contributed by atoms with E-state index in [0.717, 1.165) is 11.3 Å². The van der Waals surface area contributed by atoms with Crippen molar-refractivity contribution < 1.29 is 14.6 Å². The maximum absolute atomic E-state index is 12.2. The number of hydrogen-bond acceptors (Lipinski definition) is 4. The number of ether oxygens (including phenoxy) is 1. The molecule has 1 aromatic carbocycles. The molecule has 0 bridgehead atoms. The molecule has 104 valence electrons. The molecule has 1 unspecified atom stereocenters. The summed E-state index contributed by atoms with van der Waals surface area (Å²) in [7, 11) is 0. The fraction of sp³-hybridized carbons (Fsp3) is 0.500. The lowest BCUT2D eigenvalue weighted by Crippen LogP contribution is -2.47. The van der Waals surface area contributed by atoms with Crippen molar-refractivity contribution in [2.75, 3.05) is 31.6 Å². The number of carbonyl (C=O) groups is 1. The maximum Gasteiger partial charge on any atom is 0.244 e. The number of rotatable bonds is 4. The molecule has 1 fully saturated rings. The van der Waals surface area contributed by atoms with E-state index in [1.165, 1.54) is 0 Å². The van der Waals surface area contributed by atoms with Gasteiger partial charge in [-0.2, -0.15) is 0 Å². The number of nitrogens with zero attached hydrogens (tertiary/aromatic N) is 1. The fourth-order valence-electron chi connectivity index (χ4n) is 2.15. The number of para-hydroxylation sites is 1. The van der Waals surface area contributed by atoms with Crippen LogP contribution in [0.25, 0.3) is 0 Å². The molecular formula is C14H20N2O3. The molecule has 1 aliphatic heterocycles. The summed E-state index contributed by atoms with van der Waals surface area (Å²) in [6.45, 7) is 4.30. The predicted octanol–water partition coefficient (Wildman–Crippen LogP) is 0.838. The van der Waals surface area contributed by atoms with Gasteiger partial charge in [-0.05, 0) is 13.0 Å². The van der Waals surface area contributed by atoms with Gasteiger partial charge in [-0.25, -0.2) is 0 Å². The molecule has 1 atom stereocenters. The van der Waals surface area contributed by atoms with E-state index in [-0.39, 0.29) is 18.6 Å². The Morgan fingerprint density at radius 1 is 1.42 bits per heavy atom. The van der Waals surface area contributed by atoms with Gasteiger partial charge in [0.1, 0.15) is 6.04 Å². The molecular weight excluding hydrogens is 244 g/mol. The lowest BCUT2D eigenvalue weighted by Gasteiger charge is -2.30. The Labute approximate surface area is 113 Å². The lowest BCUT2D eigenvalue weighted by atomic mass is 10.1. The van der Waals surface area contributed by atoms with Crippen LogP contribution in [0, 0.1) is 0 Å². The van der Waals surface area contributed by atoms with E-state index in [1.807, 2.05) is 36.1 Å². The highest BCUT2D eigenvalue weighted by molar-refractivity contribution is 5.84. The van der Waals surface area contributed by atoms with Gasteiger partial charge in [0, 0.05) is 24.3 Å². The van der Waals surface area contributed by atoms with E-state index in [9.17, 15) is 9.90 Å². The van der Waals surface area contributed by atoms with E-state index in [1.54, 1.807) is 0 Å². The molecule has 1 heterocycles. The number of aliphatic hydroxyl groups excluding tert-OH is 1. The number of morpholine rings is 1. The normalized spacial score (nSPS) is 17.1. The van der Waals surface area contributed by atoms with Crippen molar-refractivity contribution in [1.82, 2.24) is 4.90 Å². The number of anilines is 1. The molecule has 19 heavy (non-hydrogen) atoms. The van der Waals surface area contributed by atoms with Crippen molar-refractivity contribution in [3.8, 4) is 0 Å². The number of aliphatic hydroxyl groups is 1. The first kappa shape index (κ1) is 13.8. The Balaban J connectivity index is 1.99. The predicted molar refractivity (Wildman–Crippen MR) is 72.8 cm³/mol. The molecule has 0 radical (unpaired) electrons. The summed E-state index contributed by atoms with van der Waals surface area (Å²) in [5, 5.41) is 12.4. The minimum absolute atomic E-state index is 0.0400. The molecule has 5 nitrogen and oxygen atoms in total. The van der Waals surface area contributed by atoms with Gasteiger partial charge < -0.3 is 20.1 Å². The molecule has 5 heteroatoms. The molecule has 2 N–H and O–H groups in total. The second-order valence-electron chi connectivity index (χ2n) is 4.62. The summed E-state index contributed by atoms with van der Waals surface area (Å²) in [4.78, 5) is 14.1. The first-order valence-corrected chi connectivity index (χ1v) is 6.54. The molecule has 0 spiro atoms. The SMILES string of the molecule is CC(Nc1ccccc1CO)C(=O)N1CCOCC1. The van der Waals surface area contributed by atoms with Gasteiger partial charge in [-0.3, -0.25) is 4.79 Å². The summed E-state index contributed by atoms with van der Waals surface area (Å²) in [6, 6.07) is 7.15. The first-order valence-electron chi connectivity index (χ1n) is 6.54. The van der Waals surface area contributed by atoms with Crippen LogP contribution in [0.4, 0.5) is 5.69 Å². The summed E-state index contributed by atoms with van der Waals surface area (Å²) >= 11 is 0. The van der Waals surface area contributed by atoms with Gasteiger partial charge in [0.2, 0.25) is 5.91 Å². The molecule has 0 saturated carbocycles. The summed E-state index contributed by atoms with van der Waals surface area (Å²) in [6.07, 6.45) is 0. The van der Waals surface area contributed by atoms with Crippen LogP contribution in [-0.2, 0) is 16.1 Å². The fourth-order valence-corrected chi connectivity index (χ4v) is 2.15. The Morgan fingerprint density at radius 2 is 2.11 bits per heavy atom. The Bertz CT molecular complexity index is 430. The van der Waals surface area contributed by atoms with Crippen LogP contribution in [0.15, 0.2) is 24.3 Å². The molecule has 1 aromatic rings. The average molecular weight is 264 g/mol. The van der Waals surface area contributed by atoms with Gasteiger partial charge >= 0.3 is 0 Å². The number of nitrogens with one attached hydrogen (secondary N) is 1. The number of amides is 1. The lowest BCUT2D eigenvalue weighted by molar-refractivity contribution is -0.135. The highest BCUT2D eigenvalue weighted by atomic mass is 16.5. The largest absolute Gasteiger partial charge is 0.392 e. The third-order valence-corrected chi connectivity index (χ3v) is 3.25. The standard InChI is InChI=1S/C14H20N2O3/c1-11(14(18)16-6-8-19-9-7-16)15-13-5-3-2-4-12(13)10-17/h2-5,11,15,17H,6-10H2,1H3. The van der Waals surface area contributed by atoms with Crippen LogP contribution in [0.3, 0.4) is 0 Å². The first-order chi connectivity index (χ1) is 9.22. The third kappa shape index (κ3) is 3.45. The minimum Gasteiger partial charge on any atom is -0.392 e. The topological polar surface area (TPSA) is 61.8 Å². The van der Waals surface area contributed by atoms with Gasteiger partial charge in [0.25, 0.3) is 0 Å². The smallest absolute Gasteiger partial charge is 0.244 e. The van der Waals surface area contributed by atoms with E-state index >= 15 is 0 Å². The zero-order chi connectivity index (χ0) is 13.7. The highest BCUT2D eigenvalue weighted by Crippen LogP contribution is 2.16. The second kappa shape index (κ2) is 6.54. The third-order valence-electron chi connectivity index (χ3n) is 3.25. The van der Waals surface area contributed by atoms with Crippen molar-refractivity contribution in [2.24, 2.45) is 0 Å². The highest BCUT2D eigenvalue weighted by Gasteiger charge is 2.22. The molecule has 1 aliphatic rings. The van der Waals surface area contributed by atoms with E-state index in [0.29, 0.717) is 26.3 Å². The van der Waals surface area contributed by atoms with Crippen molar-refractivity contribution in [3.05, 3.63) is 29.8 Å². The van der Waals surface area contributed by atoms with Gasteiger partial charge in [-0.1, -0.05) is 18.2 Å². The van der Waals surface area contributed by atoms with Crippen molar-refractivity contribution in [2.45, 2.75) is 19.6 Å². The Morgan fingerprint density at radius 3 is 2.79 bits per heavy atom. The van der Waals surface area contributed by atoms with Gasteiger partial charge in [0.05, 0.1) is 19.8 Å². The van der Waals surface area contributed by atoms with Crippen molar-refractivity contribution in [1.29, 1.82) is 0 Å². The Kier molecular flexibility index (Phi) is 4.76. The van der Waals surface area contributed by atoms with Crippen molar-refractivity contribution in [3.63, 3.8) is 0 Å². The molecule has 0 aliphatic carbocycles. The average Bonchev–Trinajstić information content (AvgIpc) is 2.48. The van der Waals surface area contributed by atoms with Gasteiger partial charge in [-0.15, -0.1) is 0 Å². The van der Waals surface area contributed by atoms with E-state index < -0.39 is 0 Å². The zero-order valence-corrected chi connectivity index (χ0v) is 11.1. The number of carbonyl (C=O) groups excluding carboxylic acids is 1. The van der Waals surface area contributed by atoms with E-state index in [2.05, 4.69) is 5.32 Å². The van der Waals surface area contributed by atoms with Crippen LogP contribution in [0.2, 0.25) is 0 Å². The van der Waals surface area contributed by atoms with Crippen LogP contribution in [-0.4, -0.2) is 48.3 Å². The summed E-state index contributed by atoms with van der Waals surface area (Å²) < 4.78 is 5.24. The van der Waals surface area contributed by atoms with E-state index in [4.69, 9.17) is 4.74 Å². The quantitative estimate of drug-likeness (QED) is 0.846. The van der Waals surface area contributed by atoms with Crippen LogP contribution < -0.4 is 5.32 Å².